The molecule has 1 aromatic rings. The Hall–Kier alpha value is -2.73. The lowest BCUT2D eigenvalue weighted by atomic mass is 9.61. The van der Waals surface area contributed by atoms with E-state index in [0.29, 0.717) is 29.8 Å². The number of allylic oxidation sites excluding steroid dienone is 4. The lowest BCUT2D eigenvalue weighted by Gasteiger charge is -2.42. The summed E-state index contributed by atoms with van der Waals surface area (Å²) in [5, 5.41) is 0.112. The van der Waals surface area contributed by atoms with E-state index in [0.717, 1.165) is 12.0 Å². The zero-order valence-corrected chi connectivity index (χ0v) is 21.7. The van der Waals surface area contributed by atoms with Crippen LogP contribution in [-0.4, -0.2) is 24.0 Å². The van der Waals surface area contributed by atoms with E-state index in [1.54, 1.807) is 6.92 Å². The highest BCUT2D eigenvalue weighted by atomic mass is 35.5. The highest BCUT2D eigenvalue weighted by molar-refractivity contribution is 6.33. The second-order valence-electron chi connectivity index (χ2n) is 9.27. The molecule has 2 rings (SSSR count). The lowest BCUT2D eigenvalue weighted by Crippen LogP contribution is -2.40. The summed E-state index contributed by atoms with van der Waals surface area (Å²) < 4.78 is 10.7. The number of carbonyl (C=O) groups is 4. The van der Waals surface area contributed by atoms with Crippen molar-refractivity contribution in [1.29, 1.82) is 0 Å². The third-order valence-electron chi connectivity index (χ3n) is 6.97. The molecule has 1 aliphatic carbocycles. The molecule has 184 valence electrons. The number of halogens is 1. The number of ether oxygens (including phenoxy) is 2. The average molecular weight is 489 g/mol. The summed E-state index contributed by atoms with van der Waals surface area (Å²) in [6.07, 6.45) is 8.18. The molecule has 1 saturated carbocycles. The normalized spacial score (nSPS) is 23.2. The van der Waals surface area contributed by atoms with Gasteiger partial charge in [0.1, 0.15) is 11.5 Å². The van der Waals surface area contributed by atoms with Crippen LogP contribution < -0.4 is 9.47 Å². The van der Waals surface area contributed by atoms with Crippen LogP contribution in [0.1, 0.15) is 75.9 Å². The Balaban J connectivity index is 2.51. The Bertz CT molecular complexity index is 1070. The number of ketones is 1. The van der Waals surface area contributed by atoms with Crippen molar-refractivity contribution >= 4 is 35.6 Å². The molecule has 0 bridgehead atoms. The Labute approximate surface area is 206 Å². The first kappa shape index (κ1) is 27.5. The van der Waals surface area contributed by atoms with Crippen molar-refractivity contribution < 1.29 is 28.7 Å². The number of carbonyl (C=O) groups excluding carboxylic acids is 4. The maximum absolute atomic E-state index is 12.3. The van der Waals surface area contributed by atoms with Gasteiger partial charge in [0.25, 0.3) is 0 Å². The molecule has 0 aromatic heterocycles. The van der Waals surface area contributed by atoms with Crippen LogP contribution in [-0.2, 0) is 20.8 Å². The largest absolute Gasteiger partial charge is 0.425 e. The van der Waals surface area contributed by atoms with Crippen molar-refractivity contribution in [2.75, 3.05) is 0 Å². The van der Waals surface area contributed by atoms with Gasteiger partial charge in [-0.15, -0.1) is 0 Å². The molecule has 0 radical (unpaired) electrons. The molecule has 7 heteroatoms. The minimum absolute atomic E-state index is 0.0285. The maximum Gasteiger partial charge on any atom is 0.308 e. The van der Waals surface area contributed by atoms with Crippen LogP contribution in [0.25, 0.3) is 0 Å². The number of Topliss-reactive ketones (excluding diaryl/α,β-unsaturated/α-hetero) is 1. The fourth-order valence-corrected chi connectivity index (χ4v) is 4.56. The molecule has 1 aliphatic rings. The summed E-state index contributed by atoms with van der Waals surface area (Å²) in [5.41, 5.74) is 1.45. The minimum atomic E-state index is -0.613. The quantitative estimate of drug-likeness (QED) is 0.202. The zero-order valence-electron chi connectivity index (χ0n) is 20.9. The number of rotatable bonds is 7. The molecule has 0 spiro atoms. The van der Waals surface area contributed by atoms with Crippen molar-refractivity contribution in [1.82, 2.24) is 0 Å². The molecule has 0 N–H and O–H groups in total. The second-order valence-corrected chi connectivity index (χ2v) is 9.65. The van der Waals surface area contributed by atoms with Gasteiger partial charge >= 0.3 is 11.9 Å². The highest BCUT2D eigenvalue weighted by Gasteiger charge is 2.41. The van der Waals surface area contributed by atoms with Gasteiger partial charge in [0.15, 0.2) is 12.0 Å². The second kappa shape index (κ2) is 11.1. The Morgan fingerprint density at radius 3 is 2.26 bits per heavy atom. The lowest BCUT2D eigenvalue weighted by molar-refractivity contribution is -0.132. The molecule has 0 amide bonds. The van der Waals surface area contributed by atoms with Crippen LogP contribution in [0.2, 0.25) is 5.02 Å². The van der Waals surface area contributed by atoms with E-state index in [4.69, 9.17) is 21.1 Å². The third kappa shape index (κ3) is 5.84. The first-order chi connectivity index (χ1) is 15.8. The van der Waals surface area contributed by atoms with E-state index in [1.165, 1.54) is 13.8 Å². The summed E-state index contributed by atoms with van der Waals surface area (Å²) in [6.45, 7) is 12.2. The Kier molecular flexibility index (Phi) is 9.01. The number of aldehydes is 1. The molecular formula is C27H33ClO6. The molecule has 3 atom stereocenters. The van der Waals surface area contributed by atoms with E-state index in [9.17, 15) is 19.2 Å². The van der Waals surface area contributed by atoms with Crippen LogP contribution in [0, 0.1) is 24.2 Å². The maximum atomic E-state index is 12.3. The van der Waals surface area contributed by atoms with Crippen molar-refractivity contribution in [2.24, 2.45) is 17.3 Å². The van der Waals surface area contributed by atoms with Crippen molar-refractivity contribution in [2.45, 2.75) is 67.7 Å². The molecule has 34 heavy (non-hydrogen) atoms. The highest BCUT2D eigenvalue weighted by Crippen LogP contribution is 2.45. The van der Waals surface area contributed by atoms with Crippen molar-refractivity contribution in [3.8, 4) is 11.5 Å². The molecule has 6 nitrogen and oxygen atoms in total. The Morgan fingerprint density at radius 1 is 1.12 bits per heavy atom. The van der Waals surface area contributed by atoms with Gasteiger partial charge in [-0.05, 0) is 43.6 Å². The van der Waals surface area contributed by atoms with Gasteiger partial charge < -0.3 is 9.47 Å². The SMILES string of the molecule is CC(=O)Oc1c(Cl)c(C)c(C=O)c(OC(C)=O)c1C/C=C(C)/C=C/C1(C)C(C)CCC(=O)C1C. The molecule has 0 saturated heterocycles. The third-order valence-corrected chi connectivity index (χ3v) is 7.43. The van der Waals surface area contributed by atoms with Crippen LogP contribution in [0.5, 0.6) is 11.5 Å². The van der Waals surface area contributed by atoms with E-state index in [2.05, 4.69) is 19.9 Å². The fourth-order valence-electron chi connectivity index (χ4n) is 4.31. The molecule has 1 fully saturated rings. The van der Waals surface area contributed by atoms with Crippen molar-refractivity contribution in [3.05, 3.63) is 45.5 Å². The van der Waals surface area contributed by atoms with Crippen molar-refractivity contribution in [3.63, 3.8) is 0 Å². The average Bonchev–Trinajstić information content (AvgIpc) is 2.76. The van der Waals surface area contributed by atoms with E-state index in [1.807, 2.05) is 26.0 Å². The number of benzene rings is 1. The van der Waals surface area contributed by atoms with E-state index in [-0.39, 0.29) is 45.6 Å². The fraction of sp³-hybridized carbons (Fsp3) is 0.481. The van der Waals surface area contributed by atoms with E-state index < -0.39 is 11.9 Å². The van der Waals surface area contributed by atoms with Crippen LogP contribution in [0.3, 0.4) is 0 Å². The first-order valence-corrected chi connectivity index (χ1v) is 11.8. The smallest absolute Gasteiger partial charge is 0.308 e. The predicted octanol–water partition coefficient (Wildman–Crippen LogP) is 6.00. The van der Waals surface area contributed by atoms with Gasteiger partial charge in [0.05, 0.1) is 10.6 Å². The molecule has 1 aromatic carbocycles. The van der Waals surface area contributed by atoms with Gasteiger partial charge in [-0.1, -0.05) is 56.2 Å². The Morgan fingerprint density at radius 2 is 1.71 bits per heavy atom. The predicted molar refractivity (Wildman–Crippen MR) is 131 cm³/mol. The first-order valence-electron chi connectivity index (χ1n) is 11.4. The van der Waals surface area contributed by atoms with E-state index >= 15 is 0 Å². The monoisotopic (exact) mass is 488 g/mol. The topological polar surface area (TPSA) is 86.7 Å². The standard InChI is InChI=1S/C27H33ClO6/c1-15(12-13-27(7)16(2)9-11-23(32)18(27)4)8-10-21-25(33-19(5)30)22(14-29)17(3)24(28)26(21)34-20(6)31/h8,12-14,16,18H,9-11H2,1-7H3/b13-12+,15-8+. The van der Waals surface area contributed by atoms with Gasteiger partial charge in [-0.3, -0.25) is 19.2 Å². The molecular weight excluding hydrogens is 456 g/mol. The summed E-state index contributed by atoms with van der Waals surface area (Å²) >= 11 is 6.43. The zero-order chi connectivity index (χ0) is 25.8. The minimum Gasteiger partial charge on any atom is -0.425 e. The van der Waals surface area contributed by atoms with Crippen LogP contribution in [0.15, 0.2) is 23.8 Å². The number of hydrogen-bond donors (Lipinski definition) is 0. The van der Waals surface area contributed by atoms with Crippen LogP contribution in [0.4, 0.5) is 0 Å². The van der Waals surface area contributed by atoms with Gasteiger partial charge in [-0.25, -0.2) is 0 Å². The van der Waals surface area contributed by atoms with Crippen LogP contribution >= 0.6 is 11.6 Å². The molecule has 0 heterocycles. The summed E-state index contributed by atoms with van der Waals surface area (Å²) in [5.74, 6) is -0.542. The number of hydrogen-bond acceptors (Lipinski definition) is 6. The van der Waals surface area contributed by atoms with Gasteiger partial charge in [0.2, 0.25) is 0 Å². The van der Waals surface area contributed by atoms with Gasteiger partial charge in [0, 0.05) is 31.7 Å². The molecule has 3 unspecified atom stereocenters. The summed E-state index contributed by atoms with van der Waals surface area (Å²) in [6, 6.07) is 0. The molecule has 0 aliphatic heterocycles. The summed E-state index contributed by atoms with van der Waals surface area (Å²) in [4.78, 5) is 47.6. The van der Waals surface area contributed by atoms with Gasteiger partial charge in [-0.2, -0.15) is 0 Å². The number of esters is 2. The summed E-state index contributed by atoms with van der Waals surface area (Å²) in [7, 11) is 0.